The fourth-order valence-electron chi connectivity index (χ4n) is 2.20. The lowest BCUT2D eigenvalue weighted by Crippen LogP contribution is -2.25. The summed E-state index contributed by atoms with van der Waals surface area (Å²) in [6, 6.07) is 0. The first-order chi connectivity index (χ1) is 8.70. The van der Waals surface area contributed by atoms with Crippen LogP contribution in [-0.4, -0.2) is 34.1 Å². The van der Waals surface area contributed by atoms with E-state index in [-0.39, 0.29) is 11.7 Å². The van der Waals surface area contributed by atoms with E-state index >= 15 is 0 Å². The summed E-state index contributed by atoms with van der Waals surface area (Å²) in [5.74, 6) is -0.0546. The Balaban J connectivity index is 2.25. The number of nitrogens with zero attached hydrogens (tertiary/aromatic N) is 3. The monoisotopic (exact) mass is 246 g/mol. The summed E-state index contributed by atoms with van der Waals surface area (Å²) in [6.45, 7) is 1.67. The van der Waals surface area contributed by atoms with Crippen molar-refractivity contribution in [1.82, 2.24) is 25.2 Å². The van der Waals surface area contributed by atoms with Crippen LogP contribution in [-0.2, 0) is 13.0 Å². The highest BCUT2D eigenvalue weighted by Crippen LogP contribution is 2.19. The lowest BCUT2D eigenvalue weighted by atomic mass is 10.1. The maximum Gasteiger partial charge on any atom is 0.258 e. The molecule has 0 atom stereocenters. The van der Waals surface area contributed by atoms with E-state index in [0.717, 1.165) is 30.8 Å². The Morgan fingerprint density at radius 2 is 2.44 bits per heavy atom. The largest absolute Gasteiger partial charge is 0.381 e. The van der Waals surface area contributed by atoms with Crippen molar-refractivity contribution in [2.75, 3.05) is 19.3 Å². The predicted molar refractivity (Wildman–Crippen MR) is 66.2 cm³/mol. The predicted octanol–water partition coefficient (Wildman–Crippen LogP) is -0.683. The van der Waals surface area contributed by atoms with E-state index in [1.807, 2.05) is 6.20 Å². The zero-order valence-electron chi connectivity index (χ0n) is 10.0. The van der Waals surface area contributed by atoms with Gasteiger partial charge >= 0.3 is 0 Å². The molecule has 3 rings (SSSR count). The quantitative estimate of drug-likeness (QED) is 0.619. The summed E-state index contributed by atoms with van der Waals surface area (Å²) in [4.78, 5) is 16.3. The highest BCUT2D eigenvalue weighted by molar-refractivity contribution is 6.04. The van der Waals surface area contributed by atoms with E-state index in [1.165, 1.54) is 0 Å². The average molecular weight is 246 g/mol. The zero-order valence-corrected chi connectivity index (χ0v) is 10.0. The Morgan fingerprint density at radius 3 is 3.22 bits per heavy atom. The number of aromatic nitrogens is 3. The summed E-state index contributed by atoms with van der Waals surface area (Å²) in [7, 11) is 1.56. The summed E-state index contributed by atoms with van der Waals surface area (Å²) >= 11 is 0. The lowest BCUT2D eigenvalue weighted by molar-refractivity contribution is 0.0965. The van der Waals surface area contributed by atoms with Crippen molar-refractivity contribution in [2.24, 2.45) is 0 Å². The van der Waals surface area contributed by atoms with Crippen molar-refractivity contribution in [3.8, 4) is 0 Å². The highest BCUT2D eigenvalue weighted by Gasteiger charge is 2.20. The third-order valence-corrected chi connectivity index (χ3v) is 3.11. The van der Waals surface area contributed by atoms with Gasteiger partial charge in [0.05, 0.1) is 5.69 Å². The maximum atomic E-state index is 11.8. The molecule has 1 aliphatic rings. The maximum absolute atomic E-state index is 11.8. The Kier molecular flexibility index (Phi) is 2.41. The summed E-state index contributed by atoms with van der Waals surface area (Å²) in [6.07, 6.45) is 2.73. The summed E-state index contributed by atoms with van der Waals surface area (Å²) in [5.41, 5.74) is 8.75. The number of carbonyl (C=O) groups excluding carboxylic acids is 1. The first-order valence-electron chi connectivity index (χ1n) is 5.80. The van der Waals surface area contributed by atoms with Gasteiger partial charge in [-0.2, -0.15) is 0 Å². The van der Waals surface area contributed by atoms with Crippen LogP contribution in [0.2, 0.25) is 0 Å². The van der Waals surface area contributed by atoms with Crippen LogP contribution in [0.25, 0.3) is 5.65 Å². The molecule has 1 aliphatic heterocycles. The molecule has 0 saturated carbocycles. The van der Waals surface area contributed by atoms with Gasteiger partial charge in [0.15, 0.2) is 11.5 Å². The first-order valence-corrected chi connectivity index (χ1v) is 5.80. The van der Waals surface area contributed by atoms with Crippen LogP contribution < -0.4 is 16.4 Å². The van der Waals surface area contributed by atoms with Crippen LogP contribution in [0.15, 0.2) is 6.20 Å². The molecular formula is C11H14N6O. The van der Waals surface area contributed by atoms with Crippen LogP contribution in [0.3, 0.4) is 0 Å². The van der Waals surface area contributed by atoms with Crippen molar-refractivity contribution in [1.29, 1.82) is 0 Å². The van der Waals surface area contributed by atoms with Gasteiger partial charge < -0.3 is 16.4 Å². The molecule has 94 valence electrons. The molecule has 0 radical (unpaired) electrons. The molecule has 3 heterocycles. The molecule has 2 aromatic heterocycles. The molecule has 18 heavy (non-hydrogen) atoms. The fourth-order valence-corrected chi connectivity index (χ4v) is 2.20. The van der Waals surface area contributed by atoms with Crippen molar-refractivity contribution in [2.45, 2.75) is 13.0 Å². The van der Waals surface area contributed by atoms with E-state index < -0.39 is 0 Å². The Labute approximate surface area is 103 Å². The standard InChI is InChI=1S/C11H14N6O/c1-13-11(18)8-9(12)16-17-5-6-4-14-3-2-7(6)15-10(8)17/h5,14H,2-4H2,1H3,(H2,12,16)(H,13,18). The van der Waals surface area contributed by atoms with Gasteiger partial charge in [0.1, 0.15) is 5.56 Å². The number of nitrogen functional groups attached to an aromatic ring is 1. The van der Waals surface area contributed by atoms with Gasteiger partial charge in [-0.05, 0) is 0 Å². The van der Waals surface area contributed by atoms with Crippen molar-refractivity contribution in [3.63, 3.8) is 0 Å². The molecule has 0 aromatic carbocycles. The smallest absolute Gasteiger partial charge is 0.258 e. The molecule has 0 unspecified atom stereocenters. The average Bonchev–Trinajstić information content (AvgIpc) is 2.70. The molecule has 4 N–H and O–H groups in total. The first kappa shape index (κ1) is 11.0. The number of hydrogen-bond donors (Lipinski definition) is 3. The van der Waals surface area contributed by atoms with E-state index in [1.54, 1.807) is 11.6 Å². The number of amides is 1. The second kappa shape index (κ2) is 3.95. The molecule has 2 aromatic rings. The number of carbonyl (C=O) groups is 1. The lowest BCUT2D eigenvalue weighted by Gasteiger charge is -2.15. The molecule has 0 saturated heterocycles. The molecule has 0 spiro atoms. The molecule has 0 fully saturated rings. The Hall–Kier alpha value is -2.15. The second-order valence-electron chi connectivity index (χ2n) is 4.25. The van der Waals surface area contributed by atoms with E-state index in [9.17, 15) is 4.79 Å². The van der Waals surface area contributed by atoms with Gasteiger partial charge in [0.2, 0.25) is 0 Å². The Morgan fingerprint density at radius 1 is 1.61 bits per heavy atom. The van der Waals surface area contributed by atoms with Crippen LogP contribution >= 0.6 is 0 Å². The fraction of sp³-hybridized carbons (Fsp3) is 0.364. The van der Waals surface area contributed by atoms with E-state index in [2.05, 4.69) is 20.7 Å². The van der Waals surface area contributed by atoms with Gasteiger partial charge in [0, 0.05) is 38.3 Å². The topological polar surface area (TPSA) is 97.3 Å². The SMILES string of the molecule is CNC(=O)c1c(N)nn2cc3c(nc12)CCNC3. The highest BCUT2D eigenvalue weighted by atomic mass is 16.1. The van der Waals surface area contributed by atoms with Crippen molar-refractivity contribution in [3.05, 3.63) is 23.0 Å². The van der Waals surface area contributed by atoms with Crippen LogP contribution in [0, 0.1) is 0 Å². The molecule has 0 aliphatic carbocycles. The normalized spacial score (nSPS) is 14.5. The van der Waals surface area contributed by atoms with Crippen LogP contribution in [0.4, 0.5) is 5.82 Å². The molecule has 7 heteroatoms. The zero-order chi connectivity index (χ0) is 12.7. The van der Waals surface area contributed by atoms with Gasteiger partial charge in [-0.3, -0.25) is 4.79 Å². The van der Waals surface area contributed by atoms with E-state index in [4.69, 9.17) is 5.73 Å². The third-order valence-electron chi connectivity index (χ3n) is 3.11. The van der Waals surface area contributed by atoms with Gasteiger partial charge in [-0.25, -0.2) is 9.50 Å². The van der Waals surface area contributed by atoms with Crippen LogP contribution in [0.1, 0.15) is 21.6 Å². The number of nitrogens with one attached hydrogen (secondary N) is 2. The number of rotatable bonds is 1. The molecule has 1 amide bonds. The number of fused-ring (bicyclic) bond motifs is 2. The second-order valence-corrected chi connectivity index (χ2v) is 4.25. The molecule has 0 bridgehead atoms. The minimum absolute atomic E-state index is 0.206. The van der Waals surface area contributed by atoms with Crippen LogP contribution in [0.5, 0.6) is 0 Å². The summed E-state index contributed by atoms with van der Waals surface area (Å²) in [5, 5.41) is 9.96. The van der Waals surface area contributed by atoms with Gasteiger partial charge in [0.25, 0.3) is 5.91 Å². The molecule has 7 nitrogen and oxygen atoms in total. The molecular weight excluding hydrogens is 232 g/mol. The third kappa shape index (κ3) is 1.52. The van der Waals surface area contributed by atoms with Crippen molar-refractivity contribution >= 4 is 17.4 Å². The number of hydrogen-bond acceptors (Lipinski definition) is 5. The Bertz CT molecular complexity index is 632. The minimum Gasteiger partial charge on any atom is -0.381 e. The van der Waals surface area contributed by atoms with Gasteiger partial charge in [-0.1, -0.05) is 0 Å². The minimum atomic E-state index is -0.260. The number of anilines is 1. The number of nitrogens with two attached hydrogens (primary N) is 1. The van der Waals surface area contributed by atoms with E-state index in [0.29, 0.717) is 11.2 Å². The van der Waals surface area contributed by atoms with Crippen molar-refractivity contribution < 1.29 is 4.79 Å². The summed E-state index contributed by atoms with van der Waals surface area (Å²) < 4.78 is 1.58. The van der Waals surface area contributed by atoms with Gasteiger partial charge in [-0.15, -0.1) is 5.10 Å².